The smallest absolute Gasteiger partial charge is 0.345 e. The SMILES string of the molecule is COc1ccccc1Oc1c(C)oc2cc(OC(=O)c3cccnc3)ccc2c1=O. The van der Waals surface area contributed by atoms with E-state index in [1.165, 1.54) is 31.5 Å². The molecular formula is C23H17NO6. The zero-order chi connectivity index (χ0) is 21.1. The number of aryl methyl sites for hydroxylation is 1. The zero-order valence-electron chi connectivity index (χ0n) is 16.2. The number of benzene rings is 2. The molecule has 0 spiro atoms. The second kappa shape index (κ2) is 8.08. The van der Waals surface area contributed by atoms with Crippen LogP contribution in [-0.2, 0) is 0 Å². The Morgan fingerprint density at radius 3 is 2.57 bits per heavy atom. The first-order chi connectivity index (χ1) is 14.6. The van der Waals surface area contributed by atoms with Crippen LogP contribution >= 0.6 is 0 Å². The number of pyridine rings is 1. The number of esters is 1. The maximum absolute atomic E-state index is 13.0. The van der Waals surface area contributed by atoms with Gasteiger partial charge in [0.05, 0.1) is 18.1 Å². The van der Waals surface area contributed by atoms with Gasteiger partial charge in [-0.1, -0.05) is 12.1 Å². The number of ether oxygens (including phenoxy) is 3. The third-order valence-corrected chi connectivity index (χ3v) is 4.38. The number of aromatic nitrogens is 1. The minimum Gasteiger partial charge on any atom is -0.493 e. The van der Waals surface area contributed by atoms with Crippen LogP contribution in [0.25, 0.3) is 11.0 Å². The fourth-order valence-corrected chi connectivity index (χ4v) is 2.91. The Balaban J connectivity index is 1.67. The fraction of sp³-hybridized carbons (Fsp3) is 0.0870. The molecule has 7 nitrogen and oxygen atoms in total. The summed E-state index contributed by atoms with van der Waals surface area (Å²) in [6.45, 7) is 1.62. The number of carbonyl (C=O) groups excluding carboxylic acids is 1. The van der Waals surface area contributed by atoms with Crippen molar-refractivity contribution in [1.29, 1.82) is 0 Å². The highest BCUT2D eigenvalue weighted by Crippen LogP contribution is 2.32. The fourth-order valence-electron chi connectivity index (χ4n) is 2.91. The molecule has 0 bridgehead atoms. The van der Waals surface area contributed by atoms with E-state index >= 15 is 0 Å². The van der Waals surface area contributed by atoms with Crippen molar-refractivity contribution in [2.75, 3.05) is 7.11 Å². The van der Waals surface area contributed by atoms with Gasteiger partial charge in [-0.15, -0.1) is 0 Å². The number of nitrogens with zero attached hydrogens (tertiary/aromatic N) is 1. The molecule has 0 aliphatic rings. The molecule has 0 saturated carbocycles. The first kappa shape index (κ1) is 19.2. The van der Waals surface area contributed by atoms with Crippen molar-refractivity contribution in [2.24, 2.45) is 0 Å². The number of methoxy groups -OCH3 is 1. The molecule has 2 heterocycles. The van der Waals surface area contributed by atoms with E-state index in [4.69, 9.17) is 18.6 Å². The molecule has 2 aromatic heterocycles. The van der Waals surface area contributed by atoms with Crippen molar-refractivity contribution in [3.63, 3.8) is 0 Å². The molecule has 30 heavy (non-hydrogen) atoms. The summed E-state index contributed by atoms with van der Waals surface area (Å²) in [4.78, 5) is 29.1. The standard InChI is InChI=1S/C23H17NO6/c1-14-22(30-19-8-4-3-7-18(19)27-2)21(25)17-10-9-16(12-20(17)28-14)29-23(26)15-6-5-11-24-13-15/h3-13H,1-2H3. The molecule has 4 rings (SSSR count). The van der Waals surface area contributed by atoms with Gasteiger partial charge in [-0.25, -0.2) is 4.79 Å². The van der Waals surface area contributed by atoms with Gasteiger partial charge in [-0.3, -0.25) is 9.78 Å². The van der Waals surface area contributed by atoms with E-state index in [0.717, 1.165) is 0 Å². The number of para-hydroxylation sites is 2. The van der Waals surface area contributed by atoms with Crippen LogP contribution in [0.15, 0.2) is 76.2 Å². The monoisotopic (exact) mass is 403 g/mol. The van der Waals surface area contributed by atoms with Crippen molar-refractivity contribution in [3.05, 3.63) is 88.5 Å². The Morgan fingerprint density at radius 2 is 1.83 bits per heavy atom. The predicted octanol–water partition coefficient (Wildman–Crippen LogP) is 4.52. The summed E-state index contributed by atoms with van der Waals surface area (Å²) in [6.07, 6.45) is 2.98. The van der Waals surface area contributed by atoms with Gasteiger partial charge in [0.25, 0.3) is 0 Å². The summed E-state index contributed by atoms with van der Waals surface area (Å²) in [5.41, 5.74) is 0.252. The topological polar surface area (TPSA) is 87.9 Å². The highest BCUT2D eigenvalue weighted by Gasteiger charge is 2.17. The summed E-state index contributed by atoms with van der Waals surface area (Å²) in [5, 5.41) is 0.298. The zero-order valence-corrected chi connectivity index (χ0v) is 16.2. The summed E-state index contributed by atoms with van der Waals surface area (Å²) >= 11 is 0. The molecule has 0 saturated heterocycles. The molecule has 150 valence electrons. The van der Waals surface area contributed by atoms with Gasteiger partial charge in [0.2, 0.25) is 11.2 Å². The molecule has 0 amide bonds. The van der Waals surface area contributed by atoms with Crippen molar-refractivity contribution >= 4 is 16.9 Å². The van der Waals surface area contributed by atoms with Crippen LogP contribution < -0.4 is 19.6 Å². The summed E-state index contributed by atoms with van der Waals surface area (Å²) in [5.74, 6) is 0.932. The van der Waals surface area contributed by atoms with Crippen LogP contribution in [0, 0.1) is 6.92 Å². The van der Waals surface area contributed by atoms with Crippen LogP contribution in [0.4, 0.5) is 0 Å². The second-order valence-corrected chi connectivity index (χ2v) is 6.36. The maximum Gasteiger partial charge on any atom is 0.345 e. The van der Waals surface area contributed by atoms with Gasteiger partial charge in [0.1, 0.15) is 17.1 Å². The number of fused-ring (bicyclic) bond motifs is 1. The van der Waals surface area contributed by atoms with Gasteiger partial charge >= 0.3 is 5.97 Å². The van der Waals surface area contributed by atoms with E-state index in [1.54, 1.807) is 49.5 Å². The van der Waals surface area contributed by atoms with Crippen LogP contribution in [0.2, 0.25) is 0 Å². The van der Waals surface area contributed by atoms with E-state index in [2.05, 4.69) is 4.98 Å². The largest absolute Gasteiger partial charge is 0.493 e. The molecule has 7 heteroatoms. The molecule has 0 N–H and O–H groups in total. The lowest BCUT2D eigenvalue weighted by Crippen LogP contribution is -2.10. The van der Waals surface area contributed by atoms with E-state index < -0.39 is 5.97 Å². The summed E-state index contributed by atoms with van der Waals surface area (Å²) < 4.78 is 22.2. The minimum atomic E-state index is -0.558. The molecule has 0 atom stereocenters. The lowest BCUT2D eigenvalue weighted by Gasteiger charge is -2.12. The highest BCUT2D eigenvalue weighted by molar-refractivity contribution is 5.91. The highest BCUT2D eigenvalue weighted by atomic mass is 16.5. The van der Waals surface area contributed by atoms with E-state index in [9.17, 15) is 9.59 Å². The molecule has 0 unspecified atom stereocenters. The normalized spacial score (nSPS) is 10.6. The van der Waals surface area contributed by atoms with E-state index in [-0.39, 0.29) is 28.3 Å². The minimum absolute atomic E-state index is 0.0621. The lowest BCUT2D eigenvalue weighted by molar-refractivity contribution is 0.0734. The van der Waals surface area contributed by atoms with Crippen LogP contribution in [-0.4, -0.2) is 18.1 Å². The predicted molar refractivity (Wildman–Crippen MR) is 109 cm³/mol. The van der Waals surface area contributed by atoms with Crippen molar-refractivity contribution in [1.82, 2.24) is 4.98 Å². The Labute approximate surface area is 171 Å². The van der Waals surface area contributed by atoms with Crippen LogP contribution in [0.5, 0.6) is 23.0 Å². The van der Waals surface area contributed by atoms with Gasteiger partial charge in [-0.05, 0) is 43.3 Å². The Morgan fingerprint density at radius 1 is 1.03 bits per heavy atom. The second-order valence-electron chi connectivity index (χ2n) is 6.36. The quantitative estimate of drug-likeness (QED) is 0.358. The first-order valence-electron chi connectivity index (χ1n) is 9.07. The average molecular weight is 403 g/mol. The Hall–Kier alpha value is -4.13. The average Bonchev–Trinajstić information content (AvgIpc) is 2.77. The van der Waals surface area contributed by atoms with Crippen LogP contribution in [0.1, 0.15) is 16.1 Å². The number of hydrogen-bond acceptors (Lipinski definition) is 7. The summed E-state index contributed by atoms with van der Waals surface area (Å²) in [7, 11) is 1.52. The number of hydrogen-bond donors (Lipinski definition) is 0. The van der Waals surface area contributed by atoms with E-state index in [1.807, 2.05) is 0 Å². The number of rotatable bonds is 5. The van der Waals surface area contributed by atoms with Gasteiger partial charge in [-0.2, -0.15) is 0 Å². The van der Waals surface area contributed by atoms with Crippen molar-refractivity contribution < 1.29 is 23.4 Å². The molecule has 0 aliphatic heterocycles. The first-order valence-corrected chi connectivity index (χ1v) is 9.07. The molecule has 0 radical (unpaired) electrons. The van der Waals surface area contributed by atoms with Crippen LogP contribution in [0.3, 0.4) is 0 Å². The molecular weight excluding hydrogens is 386 g/mol. The van der Waals surface area contributed by atoms with E-state index in [0.29, 0.717) is 22.4 Å². The van der Waals surface area contributed by atoms with Gasteiger partial charge in [0, 0.05) is 18.5 Å². The van der Waals surface area contributed by atoms with Crippen molar-refractivity contribution in [2.45, 2.75) is 6.92 Å². The third kappa shape index (κ3) is 3.73. The van der Waals surface area contributed by atoms with Crippen molar-refractivity contribution in [3.8, 4) is 23.0 Å². The van der Waals surface area contributed by atoms with Gasteiger partial charge < -0.3 is 18.6 Å². The molecule has 2 aromatic carbocycles. The maximum atomic E-state index is 13.0. The molecule has 0 fully saturated rings. The number of carbonyl (C=O) groups is 1. The molecule has 4 aromatic rings. The third-order valence-electron chi connectivity index (χ3n) is 4.38. The Kier molecular flexibility index (Phi) is 5.17. The summed E-state index contributed by atoms with van der Waals surface area (Å²) in [6, 6.07) is 14.8. The van der Waals surface area contributed by atoms with Gasteiger partial charge in [0.15, 0.2) is 11.5 Å². The molecule has 0 aliphatic carbocycles. The lowest BCUT2D eigenvalue weighted by atomic mass is 10.2. The Bertz CT molecular complexity index is 1280.